The summed E-state index contributed by atoms with van der Waals surface area (Å²) in [6.45, 7) is 3.17. The lowest BCUT2D eigenvalue weighted by Crippen LogP contribution is -2.39. The summed E-state index contributed by atoms with van der Waals surface area (Å²) in [5, 5.41) is 7.55. The van der Waals surface area contributed by atoms with Crippen LogP contribution in [0.3, 0.4) is 0 Å². The lowest BCUT2D eigenvalue weighted by atomic mass is 10.0. The third-order valence-electron chi connectivity index (χ3n) is 5.18. The van der Waals surface area contributed by atoms with Gasteiger partial charge in [-0.15, -0.1) is 0 Å². The standard InChI is InChI=1S/C21H23N3O4S/c1-15-5-4-12-24(14-15)29(26,27)17-10-8-16(9-11-17)22-21(25)13-19-18-6-2-3-7-20(18)28-23-19/h2-3,6-11,15H,4-5,12-14H2,1H3,(H,22,25). The van der Waals surface area contributed by atoms with Crippen molar-refractivity contribution in [1.82, 2.24) is 9.46 Å². The van der Waals surface area contributed by atoms with Crippen LogP contribution in [0.2, 0.25) is 0 Å². The number of para-hydroxylation sites is 1. The Hall–Kier alpha value is -2.71. The lowest BCUT2D eigenvalue weighted by Gasteiger charge is -2.30. The summed E-state index contributed by atoms with van der Waals surface area (Å²) in [7, 11) is -3.51. The molecule has 2 aromatic carbocycles. The summed E-state index contributed by atoms with van der Waals surface area (Å²) in [5.74, 6) is 0.120. The van der Waals surface area contributed by atoms with Gasteiger partial charge in [0.25, 0.3) is 0 Å². The quantitative estimate of drug-likeness (QED) is 0.692. The molecule has 4 rings (SSSR count). The SMILES string of the molecule is CC1CCCN(S(=O)(=O)c2ccc(NC(=O)Cc3noc4ccccc34)cc2)C1. The highest BCUT2D eigenvalue weighted by Gasteiger charge is 2.28. The zero-order chi connectivity index (χ0) is 20.4. The number of benzene rings is 2. The second-order valence-corrected chi connectivity index (χ2v) is 9.42. The Morgan fingerprint density at radius 3 is 2.72 bits per heavy atom. The molecule has 1 N–H and O–H groups in total. The fourth-order valence-electron chi connectivity index (χ4n) is 3.65. The largest absolute Gasteiger partial charge is 0.356 e. The van der Waals surface area contributed by atoms with Gasteiger partial charge in [0.1, 0.15) is 5.69 Å². The van der Waals surface area contributed by atoms with E-state index < -0.39 is 10.0 Å². The van der Waals surface area contributed by atoms with E-state index in [2.05, 4.69) is 17.4 Å². The Bertz CT molecular complexity index is 1120. The summed E-state index contributed by atoms with van der Waals surface area (Å²) in [5.41, 5.74) is 1.74. The van der Waals surface area contributed by atoms with Crippen molar-refractivity contribution in [2.24, 2.45) is 5.92 Å². The maximum atomic E-state index is 12.8. The molecule has 2 heterocycles. The van der Waals surface area contributed by atoms with Gasteiger partial charge in [0.2, 0.25) is 15.9 Å². The van der Waals surface area contributed by atoms with Crippen LogP contribution in [0.4, 0.5) is 5.69 Å². The van der Waals surface area contributed by atoms with Crippen LogP contribution in [0.1, 0.15) is 25.5 Å². The summed E-state index contributed by atoms with van der Waals surface area (Å²) < 4.78 is 32.4. The molecule has 8 heteroatoms. The van der Waals surface area contributed by atoms with Gasteiger partial charge in [0, 0.05) is 24.2 Å². The van der Waals surface area contributed by atoms with Crippen LogP contribution in [0.25, 0.3) is 11.0 Å². The molecule has 0 radical (unpaired) electrons. The average Bonchev–Trinajstić information content (AvgIpc) is 3.11. The maximum absolute atomic E-state index is 12.8. The minimum Gasteiger partial charge on any atom is -0.356 e. The fourth-order valence-corrected chi connectivity index (χ4v) is 5.25. The van der Waals surface area contributed by atoms with Crippen LogP contribution in [0.15, 0.2) is 57.9 Å². The van der Waals surface area contributed by atoms with E-state index in [1.165, 1.54) is 12.1 Å². The van der Waals surface area contributed by atoms with Crippen molar-refractivity contribution in [3.63, 3.8) is 0 Å². The zero-order valence-corrected chi connectivity index (χ0v) is 17.0. The number of hydrogen-bond acceptors (Lipinski definition) is 5. The number of piperidine rings is 1. The molecule has 0 spiro atoms. The topological polar surface area (TPSA) is 92.5 Å². The van der Waals surface area contributed by atoms with E-state index in [1.807, 2.05) is 18.2 Å². The molecule has 0 aliphatic carbocycles. The Morgan fingerprint density at radius 2 is 1.97 bits per heavy atom. The molecule has 1 aliphatic heterocycles. The number of carbonyl (C=O) groups excluding carboxylic acids is 1. The van der Waals surface area contributed by atoms with Gasteiger partial charge in [-0.2, -0.15) is 4.31 Å². The summed E-state index contributed by atoms with van der Waals surface area (Å²) in [6, 6.07) is 13.7. The molecule has 1 atom stereocenters. The van der Waals surface area contributed by atoms with E-state index in [0.717, 1.165) is 18.2 Å². The van der Waals surface area contributed by atoms with Crippen molar-refractivity contribution in [3.8, 4) is 0 Å². The molecular weight excluding hydrogens is 390 g/mol. The first kappa shape index (κ1) is 19.6. The average molecular weight is 413 g/mol. The lowest BCUT2D eigenvalue weighted by molar-refractivity contribution is -0.115. The number of amides is 1. The minimum atomic E-state index is -3.51. The van der Waals surface area contributed by atoms with E-state index in [4.69, 9.17) is 4.52 Å². The number of sulfonamides is 1. The Kier molecular flexibility index (Phi) is 5.38. The van der Waals surface area contributed by atoms with Gasteiger partial charge in [-0.1, -0.05) is 24.2 Å². The normalized spacial score (nSPS) is 18.0. The smallest absolute Gasteiger partial charge is 0.243 e. The highest BCUT2D eigenvalue weighted by molar-refractivity contribution is 7.89. The first-order valence-electron chi connectivity index (χ1n) is 9.67. The molecule has 1 saturated heterocycles. The summed E-state index contributed by atoms with van der Waals surface area (Å²) >= 11 is 0. The Balaban J connectivity index is 1.43. The van der Waals surface area contributed by atoms with E-state index in [0.29, 0.717) is 36.0 Å². The highest BCUT2D eigenvalue weighted by atomic mass is 32.2. The van der Waals surface area contributed by atoms with E-state index in [1.54, 1.807) is 22.5 Å². The van der Waals surface area contributed by atoms with Crippen LogP contribution in [-0.2, 0) is 21.2 Å². The van der Waals surface area contributed by atoms with Gasteiger partial charge >= 0.3 is 0 Å². The minimum absolute atomic E-state index is 0.0722. The van der Waals surface area contributed by atoms with Gasteiger partial charge in [-0.3, -0.25) is 4.79 Å². The number of anilines is 1. The number of hydrogen-bond donors (Lipinski definition) is 1. The molecule has 1 aliphatic rings. The maximum Gasteiger partial charge on any atom is 0.243 e. The van der Waals surface area contributed by atoms with Crippen LogP contribution in [0, 0.1) is 5.92 Å². The third kappa shape index (κ3) is 4.18. The highest BCUT2D eigenvalue weighted by Crippen LogP contribution is 2.24. The molecule has 29 heavy (non-hydrogen) atoms. The van der Waals surface area contributed by atoms with E-state index in [-0.39, 0.29) is 17.2 Å². The fraction of sp³-hybridized carbons (Fsp3) is 0.333. The monoisotopic (exact) mass is 413 g/mol. The van der Waals surface area contributed by atoms with E-state index in [9.17, 15) is 13.2 Å². The molecule has 7 nitrogen and oxygen atoms in total. The molecule has 152 valence electrons. The summed E-state index contributed by atoms with van der Waals surface area (Å²) in [6.07, 6.45) is 2.01. The third-order valence-corrected chi connectivity index (χ3v) is 7.06. The second-order valence-electron chi connectivity index (χ2n) is 7.49. The number of carbonyl (C=O) groups is 1. The van der Waals surface area contributed by atoms with Gasteiger partial charge in [0.05, 0.1) is 11.3 Å². The van der Waals surface area contributed by atoms with Crippen LogP contribution >= 0.6 is 0 Å². The van der Waals surface area contributed by atoms with Gasteiger partial charge in [-0.25, -0.2) is 8.42 Å². The van der Waals surface area contributed by atoms with Crippen molar-refractivity contribution in [1.29, 1.82) is 0 Å². The summed E-state index contributed by atoms with van der Waals surface area (Å²) in [4.78, 5) is 12.6. The van der Waals surface area contributed by atoms with Crippen molar-refractivity contribution >= 4 is 32.6 Å². The van der Waals surface area contributed by atoms with Crippen molar-refractivity contribution < 1.29 is 17.7 Å². The van der Waals surface area contributed by atoms with Crippen LogP contribution < -0.4 is 5.32 Å². The number of nitrogens with one attached hydrogen (secondary N) is 1. The van der Waals surface area contributed by atoms with Crippen molar-refractivity contribution in [2.75, 3.05) is 18.4 Å². The number of nitrogens with zero attached hydrogens (tertiary/aromatic N) is 2. The van der Waals surface area contributed by atoms with Crippen molar-refractivity contribution in [3.05, 3.63) is 54.2 Å². The first-order valence-corrected chi connectivity index (χ1v) is 11.1. The predicted octanol–water partition coefficient (Wildman–Crippen LogP) is 3.43. The first-order chi connectivity index (χ1) is 13.9. The van der Waals surface area contributed by atoms with Gasteiger partial charge in [0.15, 0.2) is 5.58 Å². The van der Waals surface area contributed by atoms with Crippen LogP contribution in [-0.4, -0.2) is 36.9 Å². The zero-order valence-electron chi connectivity index (χ0n) is 16.2. The van der Waals surface area contributed by atoms with Crippen LogP contribution in [0.5, 0.6) is 0 Å². The molecule has 0 bridgehead atoms. The molecule has 1 aromatic heterocycles. The molecule has 1 fully saturated rings. The van der Waals surface area contributed by atoms with Crippen molar-refractivity contribution in [2.45, 2.75) is 31.1 Å². The number of rotatable bonds is 5. The molecule has 1 amide bonds. The Morgan fingerprint density at radius 1 is 1.21 bits per heavy atom. The van der Waals surface area contributed by atoms with Gasteiger partial charge in [-0.05, 0) is 55.2 Å². The molecule has 0 saturated carbocycles. The number of fused-ring (bicyclic) bond motifs is 1. The Labute approximate surface area is 169 Å². The molecule has 1 unspecified atom stereocenters. The second kappa shape index (κ2) is 7.96. The number of aromatic nitrogens is 1. The predicted molar refractivity (Wildman–Crippen MR) is 110 cm³/mol. The molecular formula is C21H23N3O4S. The van der Waals surface area contributed by atoms with Gasteiger partial charge < -0.3 is 9.84 Å². The van der Waals surface area contributed by atoms with E-state index >= 15 is 0 Å². The molecule has 3 aromatic rings.